The van der Waals surface area contributed by atoms with Gasteiger partial charge in [0.15, 0.2) is 18.1 Å². The van der Waals surface area contributed by atoms with Gasteiger partial charge in [-0.3, -0.25) is 4.79 Å². The van der Waals surface area contributed by atoms with E-state index in [0.29, 0.717) is 30.6 Å². The average molecular weight is 341 g/mol. The maximum Gasteiger partial charge on any atom is 0.258 e. The smallest absolute Gasteiger partial charge is 0.258 e. The second-order valence-electron chi connectivity index (χ2n) is 6.31. The molecule has 1 aliphatic rings. The molecule has 1 aliphatic heterocycles. The van der Waals surface area contributed by atoms with Crippen LogP contribution in [0.15, 0.2) is 48.5 Å². The molecule has 0 fully saturated rings. The van der Waals surface area contributed by atoms with E-state index in [2.05, 4.69) is 19.2 Å². The predicted molar refractivity (Wildman–Crippen MR) is 95.4 cm³/mol. The second-order valence-corrected chi connectivity index (χ2v) is 6.31. The normalized spacial score (nSPS) is 15.7. The Balaban J connectivity index is 1.41. The van der Waals surface area contributed by atoms with Gasteiger partial charge in [0.1, 0.15) is 18.5 Å². The number of rotatable bonds is 6. The first kappa shape index (κ1) is 17.1. The number of carbonyl (C=O) groups excluding carboxylic acids is 1. The Morgan fingerprint density at radius 1 is 1.16 bits per heavy atom. The topological polar surface area (TPSA) is 56.8 Å². The molecule has 25 heavy (non-hydrogen) atoms. The van der Waals surface area contributed by atoms with E-state index in [9.17, 15) is 4.79 Å². The molecule has 3 rings (SSSR count). The lowest BCUT2D eigenvalue weighted by molar-refractivity contribution is -0.123. The van der Waals surface area contributed by atoms with Crippen molar-refractivity contribution in [1.82, 2.24) is 5.32 Å². The van der Waals surface area contributed by atoms with Crippen LogP contribution in [-0.2, 0) is 4.79 Å². The summed E-state index contributed by atoms with van der Waals surface area (Å²) in [5, 5.41) is 2.81. The molecule has 1 heterocycles. The van der Waals surface area contributed by atoms with Gasteiger partial charge in [0.2, 0.25) is 0 Å². The van der Waals surface area contributed by atoms with Crippen LogP contribution in [0.2, 0.25) is 0 Å². The summed E-state index contributed by atoms with van der Waals surface area (Å²) in [6.07, 6.45) is -0.204. The Kier molecular flexibility index (Phi) is 5.43. The van der Waals surface area contributed by atoms with Gasteiger partial charge in [-0.2, -0.15) is 0 Å². The Morgan fingerprint density at radius 3 is 2.60 bits per heavy atom. The van der Waals surface area contributed by atoms with Crippen LogP contribution >= 0.6 is 0 Å². The molecule has 1 atom stereocenters. The third-order valence-electron chi connectivity index (χ3n) is 4.01. The van der Waals surface area contributed by atoms with Gasteiger partial charge in [-0.05, 0) is 35.7 Å². The van der Waals surface area contributed by atoms with Crippen molar-refractivity contribution in [1.29, 1.82) is 0 Å². The molecule has 2 aromatic rings. The highest BCUT2D eigenvalue weighted by Crippen LogP contribution is 2.30. The van der Waals surface area contributed by atoms with E-state index >= 15 is 0 Å². The van der Waals surface area contributed by atoms with E-state index in [1.165, 1.54) is 5.56 Å². The first-order valence-corrected chi connectivity index (χ1v) is 8.50. The number of hydrogen-bond acceptors (Lipinski definition) is 4. The minimum atomic E-state index is -0.204. The molecule has 2 aromatic carbocycles. The fraction of sp³-hybridized carbons (Fsp3) is 0.350. The zero-order chi connectivity index (χ0) is 17.6. The second kappa shape index (κ2) is 7.92. The molecule has 132 valence electrons. The summed E-state index contributed by atoms with van der Waals surface area (Å²) in [7, 11) is 0. The molecule has 0 unspecified atom stereocenters. The van der Waals surface area contributed by atoms with Crippen molar-refractivity contribution in [2.75, 3.05) is 19.8 Å². The highest BCUT2D eigenvalue weighted by molar-refractivity contribution is 5.77. The van der Waals surface area contributed by atoms with Gasteiger partial charge in [0.25, 0.3) is 5.91 Å². The van der Waals surface area contributed by atoms with Crippen LogP contribution in [0, 0.1) is 0 Å². The number of nitrogens with one attached hydrogen (secondary N) is 1. The summed E-state index contributed by atoms with van der Waals surface area (Å²) in [5.74, 6) is 2.41. The Hall–Kier alpha value is -2.69. The molecular formula is C20H23NO4. The minimum absolute atomic E-state index is 0.0226. The Morgan fingerprint density at radius 2 is 1.88 bits per heavy atom. The number of ether oxygens (including phenoxy) is 3. The number of amides is 1. The number of benzene rings is 2. The quantitative estimate of drug-likeness (QED) is 0.877. The molecule has 0 aliphatic carbocycles. The summed E-state index contributed by atoms with van der Waals surface area (Å²) in [6, 6.07) is 15.3. The van der Waals surface area contributed by atoms with Crippen molar-refractivity contribution >= 4 is 5.91 Å². The lowest BCUT2D eigenvalue weighted by atomic mass is 10.0. The highest BCUT2D eigenvalue weighted by atomic mass is 16.6. The zero-order valence-electron chi connectivity index (χ0n) is 14.5. The first-order chi connectivity index (χ1) is 12.1. The molecule has 0 aromatic heterocycles. The maximum absolute atomic E-state index is 11.9. The van der Waals surface area contributed by atoms with Gasteiger partial charge >= 0.3 is 0 Å². The number of carbonyl (C=O) groups is 1. The third-order valence-corrected chi connectivity index (χ3v) is 4.01. The average Bonchev–Trinajstić information content (AvgIpc) is 2.65. The number of hydrogen-bond donors (Lipinski definition) is 1. The van der Waals surface area contributed by atoms with Crippen LogP contribution in [0.5, 0.6) is 17.2 Å². The molecule has 0 radical (unpaired) electrons. The number of para-hydroxylation sites is 2. The molecule has 0 bridgehead atoms. The predicted octanol–water partition coefficient (Wildman–Crippen LogP) is 3.15. The van der Waals surface area contributed by atoms with Crippen LogP contribution in [0.3, 0.4) is 0 Å². The van der Waals surface area contributed by atoms with Gasteiger partial charge in [0, 0.05) is 0 Å². The van der Waals surface area contributed by atoms with Crippen LogP contribution in [0.25, 0.3) is 0 Å². The SMILES string of the molecule is CC(C)c1ccc(OCC(=O)NC[C@@H]2COc3ccccc3O2)cc1. The molecular weight excluding hydrogens is 318 g/mol. The standard InChI is InChI=1S/C20H23NO4/c1-14(2)15-7-9-16(10-8-15)23-13-20(22)21-11-17-12-24-18-5-3-4-6-19(18)25-17/h3-10,14,17H,11-13H2,1-2H3,(H,21,22)/t17-/m1/s1. The van der Waals surface area contributed by atoms with E-state index in [0.717, 1.165) is 5.75 Å². The summed E-state index contributed by atoms with van der Waals surface area (Å²) >= 11 is 0. The Bertz CT molecular complexity index is 712. The maximum atomic E-state index is 11.9. The summed E-state index contributed by atoms with van der Waals surface area (Å²) < 4.78 is 16.9. The molecule has 1 N–H and O–H groups in total. The fourth-order valence-electron chi connectivity index (χ4n) is 2.54. The van der Waals surface area contributed by atoms with Crippen molar-refractivity contribution < 1.29 is 19.0 Å². The first-order valence-electron chi connectivity index (χ1n) is 8.50. The molecule has 0 saturated heterocycles. The monoisotopic (exact) mass is 341 g/mol. The lowest BCUT2D eigenvalue weighted by Crippen LogP contribution is -2.42. The van der Waals surface area contributed by atoms with E-state index in [4.69, 9.17) is 14.2 Å². The van der Waals surface area contributed by atoms with E-state index in [1.807, 2.05) is 48.5 Å². The molecule has 0 saturated carbocycles. The molecule has 5 heteroatoms. The summed E-state index contributed by atoms with van der Waals surface area (Å²) in [6.45, 7) is 5.04. The largest absolute Gasteiger partial charge is 0.486 e. The summed E-state index contributed by atoms with van der Waals surface area (Å²) in [4.78, 5) is 11.9. The third kappa shape index (κ3) is 4.66. The van der Waals surface area contributed by atoms with Gasteiger partial charge in [0.05, 0.1) is 6.54 Å². The van der Waals surface area contributed by atoms with Gasteiger partial charge < -0.3 is 19.5 Å². The Labute approximate surface area is 147 Å². The van der Waals surface area contributed by atoms with Crippen LogP contribution in [-0.4, -0.2) is 31.8 Å². The van der Waals surface area contributed by atoms with Crippen molar-refractivity contribution in [3.63, 3.8) is 0 Å². The number of fused-ring (bicyclic) bond motifs is 1. The molecule has 5 nitrogen and oxygen atoms in total. The van der Waals surface area contributed by atoms with Crippen molar-refractivity contribution in [2.45, 2.75) is 25.9 Å². The molecule has 0 spiro atoms. The molecule has 1 amide bonds. The zero-order valence-corrected chi connectivity index (χ0v) is 14.5. The van der Waals surface area contributed by atoms with Crippen molar-refractivity contribution in [3.8, 4) is 17.2 Å². The van der Waals surface area contributed by atoms with Gasteiger partial charge in [-0.1, -0.05) is 38.1 Å². The minimum Gasteiger partial charge on any atom is -0.486 e. The van der Waals surface area contributed by atoms with Crippen LogP contribution in [0.1, 0.15) is 25.3 Å². The van der Waals surface area contributed by atoms with Crippen molar-refractivity contribution in [3.05, 3.63) is 54.1 Å². The lowest BCUT2D eigenvalue weighted by Gasteiger charge is -2.26. The van der Waals surface area contributed by atoms with E-state index in [1.54, 1.807) is 0 Å². The van der Waals surface area contributed by atoms with Gasteiger partial charge in [-0.25, -0.2) is 0 Å². The van der Waals surface area contributed by atoms with Crippen molar-refractivity contribution in [2.24, 2.45) is 0 Å². The highest BCUT2D eigenvalue weighted by Gasteiger charge is 2.21. The fourth-order valence-corrected chi connectivity index (χ4v) is 2.54. The van der Waals surface area contributed by atoms with Crippen LogP contribution < -0.4 is 19.5 Å². The van der Waals surface area contributed by atoms with Crippen LogP contribution in [0.4, 0.5) is 0 Å². The summed E-state index contributed by atoms with van der Waals surface area (Å²) in [5.41, 5.74) is 1.24. The van der Waals surface area contributed by atoms with E-state index < -0.39 is 0 Å². The van der Waals surface area contributed by atoms with E-state index in [-0.39, 0.29) is 18.6 Å². The van der Waals surface area contributed by atoms with Gasteiger partial charge in [-0.15, -0.1) is 0 Å².